The van der Waals surface area contributed by atoms with Crippen LogP contribution in [0, 0.1) is 0 Å². The molecule has 0 radical (unpaired) electrons. The molecule has 1 N–H and O–H groups in total. The highest BCUT2D eigenvalue weighted by molar-refractivity contribution is 7.89. The number of benzene rings is 2. The molecule has 0 spiro atoms. The number of hydrogen-bond donors (Lipinski definition) is 1. The highest BCUT2D eigenvalue weighted by Crippen LogP contribution is 2.18. The standard InChI is InChI=1S/C20H26N2O2S.ClH/c23-25(24,20-11-3-1-4-12-20)21-14-7-2-8-15-22-16-13-18-9-5-6-10-19(18)17-22;/h1,3-6,9-12,21H,2,7-8,13-17H2;1H. The van der Waals surface area contributed by atoms with Crippen LogP contribution in [0.3, 0.4) is 0 Å². The van der Waals surface area contributed by atoms with Gasteiger partial charge in [-0.2, -0.15) is 0 Å². The molecule has 0 saturated carbocycles. The van der Waals surface area contributed by atoms with E-state index in [4.69, 9.17) is 0 Å². The molecule has 2 aromatic carbocycles. The lowest BCUT2D eigenvalue weighted by molar-refractivity contribution is 0.248. The molecule has 1 aliphatic rings. The minimum Gasteiger partial charge on any atom is -0.299 e. The zero-order valence-corrected chi connectivity index (χ0v) is 16.6. The van der Waals surface area contributed by atoms with E-state index in [1.165, 1.54) is 11.1 Å². The molecule has 0 fully saturated rings. The second-order valence-corrected chi connectivity index (χ2v) is 8.33. The molecular weight excluding hydrogens is 368 g/mol. The number of hydrogen-bond acceptors (Lipinski definition) is 3. The summed E-state index contributed by atoms with van der Waals surface area (Å²) in [4.78, 5) is 2.83. The predicted octanol–water partition coefficient (Wildman–Crippen LogP) is 3.62. The van der Waals surface area contributed by atoms with Crippen molar-refractivity contribution in [3.05, 3.63) is 65.7 Å². The molecule has 2 aromatic rings. The maximum absolute atomic E-state index is 12.1. The smallest absolute Gasteiger partial charge is 0.240 e. The Bertz CT molecular complexity index is 781. The van der Waals surface area contributed by atoms with Gasteiger partial charge in [0.15, 0.2) is 0 Å². The molecule has 0 amide bonds. The van der Waals surface area contributed by atoms with Crippen LogP contribution in [0.5, 0.6) is 0 Å². The number of nitrogens with one attached hydrogen (secondary N) is 1. The van der Waals surface area contributed by atoms with Gasteiger partial charge < -0.3 is 0 Å². The van der Waals surface area contributed by atoms with Gasteiger partial charge in [-0.1, -0.05) is 48.9 Å². The lowest BCUT2D eigenvalue weighted by atomic mass is 10.00. The van der Waals surface area contributed by atoms with Gasteiger partial charge in [-0.15, -0.1) is 12.4 Å². The Morgan fingerprint density at radius 3 is 2.35 bits per heavy atom. The summed E-state index contributed by atoms with van der Waals surface area (Å²) in [5.41, 5.74) is 2.93. The van der Waals surface area contributed by atoms with Gasteiger partial charge >= 0.3 is 0 Å². The van der Waals surface area contributed by atoms with E-state index < -0.39 is 10.0 Å². The summed E-state index contributed by atoms with van der Waals surface area (Å²) in [6.07, 6.45) is 4.15. The number of unbranched alkanes of at least 4 members (excludes halogenated alkanes) is 2. The van der Waals surface area contributed by atoms with Crippen molar-refractivity contribution in [1.82, 2.24) is 9.62 Å². The van der Waals surface area contributed by atoms with Gasteiger partial charge in [-0.3, -0.25) is 4.90 Å². The normalized spacial score (nSPS) is 14.5. The first-order valence-corrected chi connectivity index (χ1v) is 10.5. The summed E-state index contributed by atoms with van der Waals surface area (Å²) in [5, 5.41) is 0. The van der Waals surface area contributed by atoms with Crippen LogP contribution in [0.15, 0.2) is 59.5 Å². The molecule has 1 aliphatic heterocycles. The third kappa shape index (κ3) is 5.81. The van der Waals surface area contributed by atoms with E-state index >= 15 is 0 Å². The van der Waals surface area contributed by atoms with Crippen molar-refractivity contribution in [3.63, 3.8) is 0 Å². The summed E-state index contributed by atoms with van der Waals surface area (Å²) in [6, 6.07) is 17.2. The second-order valence-electron chi connectivity index (χ2n) is 6.57. The molecule has 0 aromatic heterocycles. The van der Waals surface area contributed by atoms with Crippen molar-refractivity contribution in [1.29, 1.82) is 0 Å². The third-order valence-corrected chi connectivity index (χ3v) is 6.18. The topological polar surface area (TPSA) is 49.4 Å². The lowest BCUT2D eigenvalue weighted by Crippen LogP contribution is -2.31. The summed E-state index contributed by atoms with van der Waals surface area (Å²) in [5.74, 6) is 0. The minimum absolute atomic E-state index is 0. The van der Waals surface area contributed by atoms with Crippen molar-refractivity contribution < 1.29 is 8.42 Å². The maximum Gasteiger partial charge on any atom is 0.240 e. The number of fused-ring (bicyclic) bond motifs is 1. The third-order valence-electron chi connectivity index (χ3n) is 4.71. The summed E-state index contributed by atoms with van der Waals surface area (Å²) < 4.78 is 26.9. The Kier molecular flexibility index (Phi) is 8.10. The maximum atomic E-state index is 12.1. The van der Waals surface area contributed by atoms with E-state index in [-0.39, 0.29) is 12.4 Å². The van der Waals surface area contributed by atoms with Crippen LogP contribution in [0.4, 0.5) is 0 Å². The first kappa shape index (κ1) is 20.9. The largest absolute Gasteiger partial charge is 0.299 e. The Morgan fingerprint density at radius 2 is 1.58 bits per heavy atom. The summed E-state index contributed by atoms with van der Waals surface area (Å²) in [6.45, 7) is 3.74. The monoisotopic (exact) mass is 394 g/mol. The average Bonchev–Trinajstić information content (AvgIpc) is 2.65. The molecular formula is C20H27ClN2O2S. The van der Waals surface area contributed by atoms with Crippen molar-refractivity contribution >= 4 is 22.4 Å². The average molecular weight is 395 g/mol. The summed E-state index contributed by atoms with van der Waals surface area (Å²) in [7, 11) is -3.36. The number of rotatable bonds is 8. The fraction of sp³-hybridized carbons (Fsp3) is 0.400. The van der Waals surface area contributed by atoms with E-state index in [0.29, 0.717) is 11.4 Å². The SMILES string of the molecule is Cl.O=S(=O)(NCCCCCN1CCc2ccccc2C1)c1ccccc1. The zero-order chi connectivity index (χ0) is 17.5. The van der Waals surface area contributed by atoms with Crippen LogP contribution in [0.2, 0.25) is 0 Å². The van der Waals surface area contributed by atoms with Crippen molar-refractivity contribution in [2.45, 2.75) is 37.1 Å². The lowest BCUT2D eigenvalue weighted by Gasteiger charge is -2.28. The molecule has 0 saturated heterocycles. The molecule has 0 unspecified atom stereocenters. The number of halogens is 1. The molecule has 0 atom stereocenters. The number of nitrogens with zero attached hydrogens (tertiary/aromatic N) is 1. The Balaban J connectivity index is 0.00000243. The predicted molar refractivity (Wildman–Crippen MR) is 108 cm³/mol. The van der Waals surface area contributed by atoms with Crippen molar-refractivity contribution in [3.8, 4) is 0 Å². The van der Waals surface area contributed by atoms with Gasteiger partial charge in [0, 0.05) is 19.6 Å². The molecule has 0 bridgehead atoms. The Labute approximate surface area is 163 Å². The van der Waals surface area contributed by atoms with Gasteiger partial charge in [-0.25, -0.2) is 13.1 Å². The molecule has 6 heteroatoms. The molecule has 0 aliphatic carbocycles. The fourth-order valence-electron chi connectivity index (χ4n) is 3.27. The van der Waals surface area contributed by atoms with Crippen LogP contribution in [0.25, 0.3) is 0 Å². The van der Waals surface area contributed by atoms with E-state index in [0.717, 1.165) is 45.3 Å². The Morgan fingerprint density at radius 1 is 0.885 bits per heavy atom. The summed E-state index contributed by atoms with van der Waals surface area (Å²) >= 11 is 0. The van der Waals surface area contributed by atoms with Crippen LogP contribution in [-0.2, 0) is 23.0 Å². The molecule has 26 heavy (non-hydrogen) atoms. The minimum atomic E-state index is -3.36. The highest BCUT2D eigenvalue weighted by atomic mass is 35.5. The van der Waals surface area contributed by atoms with E-state index in [2.05, 4.69) is 33.9 Å². The first-order chi connectivity index (χ1) is 12.1. The highest BCUT2D eigenvalue weighted by Gasteiger charge is 2.15. The van der Waals surface area contributed by atoms with E-state index in [9.17, 15) is 8.42 Å². The molecule has 142 valence electrons. The van der Waals surface area contributed by atoms with Gasteiger partial charge in [0.2, 0.25) is 10.0 Å². The fourth-order valence-corrected chi connectivity index (χ4v) is 4.37. The molecule has 4 nitrogen and oxygen atoms in total. The van der Waals surface area contributed by atoms with Crippen LogP contribution >= 0.6 is 12.4 Å². The molecule has 3 rings (SSSR count). The van der Waals surface area contributed by atoms with Crippen molar-refractivity contribution in [2.75, 3.05) is 19.6 Å². The quantitative estimate of drug-likeness (QED) is 0.696. The van der Waals surface area contributed by atoms with Crippen LogP contribution < -0.4 is 4.72 Å². The second kappa shape index (κ2) is 10.1. The van der Waals surface area contributed by atoms with Gasteiger partial charge in [0.1, 0.15) is 0 Å². The van der Waals surface area contributed by atoms with Gasteiger partial charge in [-0.05, 0) is 49.1 Å². The molecule has 1 heterocycles. The van der Waals surface area contributed by atoms with E-state index in [1.807, 2.05) is 6.07 Å². The van der Waals surface area contributed by atoms with Crippen LogP contribution in [-0.4, -0.2) is 33.0 Å². The Hall–Kier alpha value is -1.40. The first-order valence-electron chi connectivity index (χ1n) is 8.99. The van der Waals surface area contributed by atoms with Crippen molar-refractivity contribution in [2.24, 2.45) is 0 Å². The van der Waals surface area contributed by atoms with Crippen LogP contribution in [0.1, 0.15) is 30.4 Å². The zero-order valence-electron chi connectivity index (χ0n) is 14.9. The van der Waals surface area contributed by atoms with E-state index in [1.54, 1.807) is 24.3 Å². The van der Waals surface area contributed by atoms with Gasteiger partial charge in [0.05, 0.1) is 4.90 Å². The number of sulfonamides is 1. The van der Waals surface area contributed by atoms with Gasteiger partial charge in [0.25, 0.3) is 0 Å².